The topological polar surface area (TPSA) is 17.1 Å². The van der Waals surface area contributed by atoms with Crippen LogP contribution in [0.5, 0.6) is 0 Å². The van der Waals surface area contributed by atoms with Crippen LogP contribution in [0.1, 0.15) is 43.0 Å². The zero-order valence-electron chi connectivity index (χ0n) is 9.33. The second kappa shape index (κ2) is 6.18. The minimum absolute atomic E-state index is 0.236. The molecule has 0 N–H and O–H groups in total. The third-order valence-corrected chi connectivity index (χ3v) is 2.53. The van der Waals surface area contributed by atoms with E-state index in [0.29, 0.717) is 6.42 Å². The lowest BCUT2D eigenvalue weighted by atomic mass is 10.0. The third-order valence-electron chi connectivity index (χ3n) is 2.53. The minimum Gasteiger partial charge on any atom is -0.294 e. The summed E-state index contributed by atoms with van der Waals surface area (Å²) >= 11 is 0. The summed E-state index contributed by atoms with van der Waals surface area (Å²) in [4.78, 5) is 11.7. The molecule has 0 atom stereocenters. The van der Waals surface area contributed by atoms with Gasteiger partial charge in [-0.25, -0.2) is 0 Å². The van der Waals surface area contributed by atoms with Gasteiger partial charge in [0.15, 0.2) is 5.78 Å². The molecule has 1 nitrogen and oxygen atoms in total. The van der Waals surface area contributed by atoms with Crippen molar-refractivity contribution >= 4 is 5.78 Å². The highest BCUT2D eigenvalue weighted by atomic mass is 16.1. The molecule has 0 saturated heterocycles. The summed E-state index contributed by atoms with van der Waals surface area (Å²) in [5.74, 6) is 0.236. The van der Waals surface area contributed by atoms with Crippen molar-refractivity contribution in [1.29, 1.82) is 0 Å². The summed E-state index contributed by atoms with van der Waals surface area (Å²) in [6.45, 7) is 6.03. The Morgan fingerprint density at radius 3 is 2.47 bits per heavy atom. The molecule has 0 heterocycles. The van der Waals surface area contributed by atoms with E-state index in [1.165, 1.54) is 5.57 Å². The molecular weight excluding hydrogens is 184 g/mol. The highest BCUT2D eigenvalue weighted by Gasteiger charge is 2.04. The molecule has 0 bridgehead atoms. The number of ketones is 1. The van der Waals surface area contributed by atoms with Crippen LogP contribution in [-0.2, 0) is 0 Å². The lowest BCUT2D eigenvalue weighted by Crippen LogP contribution is -1.98. The van der Waals surface area contributed by atoms with E-state index >= 15 is 0 Å². The Morgan fingerprint density at radius 1 is 1.20 bits per heavy atom. The van der Waals surface area contributed by atoms with Gasteiger partial charge in [-0.05, 0) is 19.3 Å². The second-order valence-electron chi connectivity index (χ2n) is 3.75. The van der Waals surface area contributed by atoms with Crippen LogP contribution < -0.4 is 0 Å². The van der Waals surface area contributed by atoms with E-state index < -0.39 is 0 Å². The minimum atomic E-state index is 0.236. The van der Waals surface area contributed by atoms with Gasteiger partial charge >= 0.3 is 0 Å². The van der Waals surface area contributed by atoms with Gasteiger partial charge in [-0.15, -0.1) is 0 Å². The Balaban J connectivity index is 2.34. The fourth-order valence-electron chi connectivity index (χ4n) is 1.44. The zero-order chi connectivity index (χ0) is 11.1. The molecule has 1 aromatic rings. The van der Waals surface area contributed by atoms with Gasteiger partial charge in [0.1, 0.15) is 0 Å². The van der Waals surface area contributed by atoms with Crippen LogP contribution in [0.4, 0.5) is 0 Å². The molecular formula is C14H18O. The van der Waals surface area contributed by atoms with Crippen LogP contribution in [0, 0.1) is 0 Å². The standard InChI is InChI=1S/C14H18O/c1-3-12(2)8-7-11-14(15)13-9-5-4-6-10-13/h4-6,9-10H,2-3,7-8,11H2,1H3. The number of carbonyl (C=O) groups excluding carboxylic acids is 1. The number of benzene rings is 1. The van der Waals surface area contributed by atoms with Gasteiger partial charge in [0.2, 0.25) is 0 Å². The van der Waals surface area contributed by atoms with E-state index in [-0.39, 0.29) is 5.78 Å². The fourth-order valence-corrected chi connectivity index (χ4v) is 1.44. The molecule has 0 aliphatic heterocycles. The Labute approximate surface area is 91.8 Å². The SMILES string of the molecule is C=C(CC)CCCC(=O)c1ccccc1. The quantitative estimate of drug-likeness (QED) is 0.503. The Morgan fingerprint density at radius 2 is 1.87 bits per heavy atom. The maximum Gasteiger partial charge on any atom is 0.162 e. The number of rotatable bonds is 6. The predicted octanol–water partition coefficient (Wildman–Crippen LogP) is 4.01. The number of carbonyl (C=O) groups is 1. The first-order valence-corrected chi connectivity index (χ1v) is 5.49. The van der Waals surface area contributed by atoms with Gasteiger partial charge in [0.25, 0.3) is 0 Å². The number of hydrogen-bond acceptors (Lipinski definition) is 1. The van der Waals surface area contributed by atoms with Crippen molar-refractivity contribution in [2.45, 2.75) is 32.6 Å². The van der Waals surface area contributed by atoms with Gasteiger partial charge in [0.05, 0.1) is 0 Å². The predicted molar refractivity (Wildman–Crippen MR) is 64.1 cm³/mol. The molecule has 0 fully saturated rings. The Bertz CT molecular complexity index is 324. The molecule has 15 heavy (non-hydrogen) atoms. The van der Waals surface area contributed by atoms with Crippen molar-refractivity contribution in [3.8, 4) is 0 Å². The smallest absolute Gasteiger partial charge is 0.162 e. The molecule has 0 amide bonds. The largest absolute Gasteiger partial charge is 0.294 e. The monoisotopic (exact) mass is 202 g/mol. The van der Waals surface area contributed by atoms with Crippen LogP contribution >= 0.6 is 0 Å². The average molecular weight is 202 g/mol. The van der Waals surface area contributed by atoms with E-state index in [2.05, 4.69) is 13.5 Å². The first-order valence-electron chi connectivity index (χ1n) is 5.49. The first-order chi connectivity index (χ1) is 7.24. The van der Waals surface area contributed by atoms with E-state index in [1.807, 2.05) is 30.3 Å². The van der Waals surface area contributed by atoms with E-state index in [4.69, 9.17) is 0 Å². The van der Waals surface area contributed by atoms with Crippen LogP contribution in [0.3, 0.4) is 0 Å². The Hall–Kier alpha value is -1.37. The van der Waals surface area contributed by atoms with Gasteiger partial charge in [-0.2, -0.15) is 0 Å². The fraction of sp³-hybridized carbons (Fsp3) is 0.357. The van der Waals surface area contributed by atoms with Crippen LogP contribution in [-0.4, -0.2) is 5.78 Å². The van der Waals surface area contributed by atoms with Crippen molar-refractivity contribution < 1.29 is 4.79 Å². The molecule has 1 heteroatoms. The van der Waals surface area contributed by atoms with Crippen molar-refractivity contribution in [3.05, 3.63) is 48.0 Å². The molecule has 1 aromatic carbocycles. The van der Waals surface area contributed by atoms with Gasteiger partial charge < -0.3 is 0 Å². The lowest BCUT2D eigenvalue weighted by molar-refractivity contribution is 0.0980. The van der Waals surface area contributed by atoms with Crippen molar-refractivity contribution in [1.82, 2.24) is 0 Å². The van der Waals surface area contributed by atoms with Gasteiger partial charge in [0, 0.05) is 12.0 Å². The number of allylic oxidation sites excluding steroid dienone is 1. The van der Waals surface area contributed by atoms with Crippen molar-refractivity contribution in [2.24, 2.45) is 0 Å². The molecule has 0 radical (unpaired) electrons. The average Bonchev–Trinajstić information content (AvgIpc) is 2.29. The molecule has 0 aromatic heterocycles. The molecule has 0 aliphatic rings. The normalized spacial score (nSPS) is 9.93. The lowest BCUT2D eigenvalue weighted by Gasteiger charge is -2.02. The molecule has 0 aliphatic carbocycles. The maximum atomic E-state index is 11.7. The van der Waals surface area contributed by atoms with Crippen molar-refractivity contribution in [3.63, 3.8) is 0 Å². The summed E-state index contributed by atoms with van der Waals surface area (Å²) in [6.07, 6.45) is 3.53. The summed E-state index contributed by atoms with van der Waals surface area (Å²) in [5.41, 5.74) is 2.05. The summed E-state index contributed by atoms with van der Waals surface area (Å²) in [6, 6.07) is 9.47. The number of hydrogen-bond donors (Lipinski definition) is 0. The second-order valence-corrected chi connectivity index (χ2v) is 3.75. The molecule has 0 unspecified atom stereocenters. The van der Waals surface area contributed by atoms with Crippen LogP contribution in [0.15, 0.2) is 42.5 Å². The zero-order valence-corrected chi connectivity index (χ0v) is 9.33. The maximum absolute atomic E-state index is 11.7. The third kappa shape index (κ3) is 4.11. The molecule has 0 spiro atoms. The van der Waals surface area contributed by atoms with Gasteiger partial charge in [-0.1, -0.05) is 49.4 Å². The number of Topliss-reactive ketones (excluding diaryl/α,β-unsaturated/α-hetero) is 1. The van der Waals surface area contributed by atoms with Crippen molar-refractivity contribution in [2.75, 3.05) is 0 Å². The molecule has 0 saturated carbocycles. The highest BCUT2D eigenvalue weighted by Crippen LogP contribution is 2.11. The summed E-state index contributed by atoms with van der Waals surface area (Å²) in [5, 5.41) is 0. The van der Waals surface area contributed by atoms with E-state index in [9.17, 15) is 4.79 Å². The molecule has 1 rings (SSSR count). The van der Waals surface area contributed by atoms with E-state index in [1.54, 1.807) is 0 Å². The highest BCUT2D eigenvalue weighted by molar-refractivity contribution is 5.95. The Kier molecular flexibility index (Phi) is 4.82. The first kappa shape index (κ1) is 11.7. The molecule has 80 valence electrons. The van der Waals surface area contributed by atoms with Crippen LogP contribution in [0.25, 0.3) is 0 Å². The van der Waals surface area contributed by atoms with Crippen LogP contribution in [0.2, 0.25) is 0 Å². The summed E-state index contributed by atoms with van der Waals surface area (Å²) in [7, 11) is 0. The van der Waals surface area contributed by atoms with E-state index in [0.717, 1.165) is 24.8 Å². The summed E-state index contributed by atoms with van der Waals surface area (Å²) < 4.78 is 0. The van der Waals surface area contributed by atoms with Gasteiger partial charge in [-0.3, -0.25) is 4.79 Å².